The molecule has 0 unspecified atom stereocenters. The average molecular weight is 276 g/mol. The predicted molar refractivity (Wildman–Crippen MR) is 72.7 cm³/mol. The number of hydrogen-bond donors (Lipinski definition) is 0. The van der Waals surface area contributed by atoms with Crippen molar-refractivity contribution >= 4 is 28.6 Å². The van der Waals surface area contributed by atoms with Gasteiger partial charge in [0.2, 0.25) is 16.6 Å². The molecule has 4 nitrogen and oxygen atoms in total. The van der Waals surface area contributed by atoms with Gasteiger partial charge < -0.3 is 8.85 Å². The summed E-state index contributed by atoms with van der Waals surface area (Å²) in [5.74, 6) is -0.899. The van der Waals surface area contributed by atoms with Crippen molar-refractivity contribution in [2.24, 2.45) is 0 Å². The van der Waals surface area contributed by atoms with Crippen molar-refractivity contribution < 1.29 is 18.4 Å². The zero-order valence-electron chi connectivity index (χ0n) is 11.8. The van der Waals surface area contributed by atoms with E-state index in [0.717, 1.165) is 12.1 Å². The minimum atomic E-state index is -1.92. The molecule has 0 aliphatic heterocycles. The first-order chi connectivity index (χ1) is 7.62. The third-order valence-corrected chi connectivity index (χ3v) is 7.74. The van der Waals surface area contributed by atoms with Gasteiger partial charge in [-0.3, -0.25) is 9.59 Å². The molecule has 0 aliphatic rings. The zero-order valence-corrected chi connectivity index (χ0v) is 13.8. The van der Waals surface area contributed by atoms with Gasteiger partial charge in [-0.1, -0.05) is 13.8 Å². The first kappa shape index (κ1) is 16.4. The van der Waals surface area contributed by atoms with Crippen LogP contribution in [0.3, 0.4) is 0 Å². The Morgan fingerprint density at radius 2 is 1.12 bits per heavy atom. The van der Waals surface area contributed by atoms with Crippen LogP contribution in [0.4, 0.5) is 0 Å². The smallest absolute Gasteiger partial charge is 0.303 e. The summed E-state index contributed by atoms with van der Waals surface area (Å²) >= 11 is 0. The Bertz CT molecular complexity index is 259. The average Bonchev–Trinajstić information content (AvgIpc) is 2.15. The summed E-state index contributed by atoms with van der Waals surface area (Å²) in [6.07, 6.45) is -0.257. The topological polar surface area (TPSA) is 52.6 Å². The van der Waals surface area contributed by atoms with Gasteiger partial charge >= 0.3 is 11.9 Å². The van der Waals surface area contributed by atoms with Crippen LogP contribution in [0.15, 0.2) is 0 Å². The summed E-state index contributed by atoms with van der Waals surface area (Å²) in [6.45, 7) is 11.8. The maximum Gasteiger partial charge on any atom is 0.303 e. The van der Waals surface area contributed by atoms with Crippen LogP contribution >= 0.6 is 0 Å². The van der Waals surface area contributed by atoms with Crippen LogP contribution in [0.5, 0.6) is 0 Å². The van der Waals surface area contributed by atoms with Gasteiger partial charge in [0.25, 0.3) is 0 Å². The molecule has 0 aromatic heterocycles. The maximum atomic E-state index is 11.5. The molecule has 17 heavy (non-hydrogen) atoms. The van der Waals surface area contributed by atoms with Gasteiger partial charge in [-0.05, 0) is 38.3 Å². The Balaban J connectivity index is 4.19. The van der Waals surface area contributed by atoms with Crippen LogP contribution in [0.25, 0.3) is 0 Å². The molecule has 0 aromatic rings. The Morgan fingerprint density at radius 3 is 1.35 bits per heavy atom. The van der Waals surface area contributed by atoms with Crippen molar-refractivity contribution in [2.45, 2.75) is 58.5 Å². The summed E-state index contributed by atoms with van der Waals surface area (Å²) in [6, 6.07) is 1.70. The second-order valence-electron chi connectivity index (χ2n) is 5.35. The monoisotopic (exact) mass is 276 g/mol. The van der Waals surface area contributed by atoms with Crippen LogP contribution < -0.4 is 0 Å². The fourth-order valence-corrected chi connectivity index (χ4v) is 2.62. The molecule has 0 saturated carbocycles. The third-order valence-electron chi connectivity index (χ3n) is 2.77. The van der Waals surface area contributed by atoms with Crippen molar-refractivity contribution in [3.63, 3.8) is 0 Å². The Morgan fingerprint density at radius 1 is 0.824 bits per heavy atom. The van der Waals surface area contributed by atoms with Crippen LogP contribution in [0.2, 0.25) is 38.3 Å². The van der Waals surface area contributed by atoms with E-state index in [2.05, 4.69) is 0 Å². The molecule has 0 heterocycles. The van der Waals surface area contributed by atoms with E-state index < -0.39 is 28.6 Å². The molecule has 0 atom stereocenters. The van der Waals surface area contributed by atoms with E-state index in [1.54, 1.807) is 0 Å². The fourth-order valence-electron chi connectivity index (χ4n) is 0.951. The van der Waals surface area contributed by atoms with Crippen molar-refractivity contribution in [1.82, 2.24) is 0 Å². The number of rotatable bonds is 6. The second-order valence-corrected chi connectivity index (χ2v) is 14.2. The van der Waals surface area contributed by atoms with Crippen LogP contribution in [-0.2, 0) is 18.4 Å². The molecule has 0 fully saturated rings. The van der Waals surface area contributed by atoms with E-state index in [1.807, 2.05) is 40.0 Å². The van der Waals surface area contributed by atoms with Gasteiger partial charge in [-0.25, -0.2) is 0 Å². The Kier molecular flexibility index (Phi) is 6.11. The minimum Gasteiger partial charge on any atom is -0.519 e. The highest BCUT2D eigenvalue weighted by Gasteiger charge is 2.29. The summed E-state index contributed by atoms with van der Waals surface area (Å²) in [5, 5.41) is 0. The van der Waals surface area contributed by atoms with E-state index in [4.69, 9.17) is 8.85 Å². The third kappa shape index (κ3) is 7.33. The molecule has 0 aromatic carbocycles. The zero-order chi connectivity index (χ0) is 13.7. The maximum absolute atomic E-state index is 11.5. The van der Waals surface area contributed by atoms with E-state index >= 15 is 0 Å². The lowest BCUT2D eigenvalue weighted by Gasteiger charge is -2.23. The van der Waals surface area contributed by atoms with Crippen LogP contribution in [0, 0.1) is 0 Å². The highest BCUT2D eigenvalue weighted by molar-refractivity contribution is 6.73. The van der Waals surface area contributed by atoms with Crippen molar-refractivity contribution in [2.75, 3.05) is 0 Å². The second kappa shape index (κ2) is 6.35. The molecule has 6 heteroatoms. The summed E-state index contributed by atoms with van der Waals surface area (Å²) in [7, 11) is -3.84. The molecular formula is C11H24O4Si2. The quantitative estimate of drug-likeness (QED) is 0.553. The van der Waals surface area contributed by atoms with Gasteiger partial charge in [0.1, 0.15) is 6.42 Å². The van der Waals surface area contributed by atoms with Gasteiger partial charge in [-0.15, -0.1) is 0 Å². The van der Waals surface area contributed by atoms with E-state index in [1.165, 1.54) is 0 Å². The van der Waals surface area contributed by atoms with Crippen LogP contribution in [-0.4, -0.2) is 28.6 Å². The van der Waals surface area contributed by atoms with E-state index in [0.29, 0.717) is 0 Å². The van der Waals surface area contributed by atoms with Crippen molar-refractivity contribution in [3.8, 4) is 0 Å². The fraction of sp³-hybridized carbons (Fsp3) is 0.818. The predicted octanol–water partition coefficient (Wildman–Crippen LogP) is 2.91. The van der Waals surface area contributed by atoms with Gasteiger partial charge in [-0.2, -0.15) is 0 Å². The molecule has 0 radical (unpaired) electrons. The first-order valence-electron chi connectivity index (χ1n) is 6.05. The van der Waals surface area contributed by atoms with Gasteiger partial charge in [0.05, 0.1) is 0 Å². The summed E-state index contributed by atoms with van der Waals surface area (Å²) < 4.78 is 10.6. The molecule has 0 saturated heterocycles. The lowest BCUT2D eigenvalue weighted by Crippen LogP contribution is -2.36. The number of carbonyl (C=O) groups is 2. The van der Waals surface area contributed by atoms with Crippen LogP contribution in [0.1, 0.15) is 20.3 Å². The van der Waals surface area contributed by atoms with E-state index in [9.17, 15) is 9.59 Å². The minimum absolute atomic E-state index is 0.257. The normalized spacial score (nSPS) is 12.1. The highest BCUT2D eigenvalue weighted by Crippen LogP contribution is 2.14. The molecule has 0 amide bonds. The van der Waals surface area contributed by atoms with Gasteiger partial charge in [0, 0.05) is 0 Å². The largest absolute Gasteiger partial charge is 0.519 e. The molecule has 100 valence electrons. The highest BCUT2D eigenvalue weighted by atomic mass is 28.4. The van der Waals surface area contributed by atoms with Crippen molar-refractivity contribution in [3.05, 3.63) is 0 Å². The SMILES string of the molecule is CC[Si](C)(C)OC(=O)CC(=O)O[Si](C)(C)CC. The lowest BCUT2D eigenvalue weighted by atomic mass is 10.5. The molecule has 0 aliphatic carbocycles. The number of hydrogen-bond acceptors (Lipinski definition) is 4. The summed E-state index contributed by atoms with van der Waals surface area (Å²) in [5.41, 5.74) is 0. The van der Waals surface area contributed by atoms with Gasteiger partial charge in [0.15, 0.2) is 0 Å². The molecule has 0 bridgehead atoms. The molecule has 0 rings (SSSR count). The standard InChI is InChI=1S/C11H24O4Si2/c1-7-16(3,4)14-10(12)9-11(13)15-17(5,6)8-2/h7-9H2,1-6H3. The van der Waals surface area contributed by atoms with Crippen molar-refractivity contribution in [1.29, 1.82) is 0 Å². The van der Waals surface area contributed by atoms with E-state index in [-0.39, 0.29) is 6.42 Å². The summed E-state index contributed by atoms with van der Waals surface area (Å²) in [4.78, 5) is 23.1. The molecule has 0 N–H and O–H groups in total. The first-order valence-corrected chi connectivity index (χ1v) is 12.3. The Hall–Kier alpha value is -0.626. The number of carbonyl (C=O) groups excluding carboxylic acids is 2. The lowest BCUT2D eigenvalue weighted by molar-refractivity contribution is -0.145. The Labute approximate surface area is 106 Å². The molecule has 0 spiro atoms. The molecular weight excluding hydrogens is 252 g/mol.